The minimum atomic E-state index is -3.65. The summed E-state index contributed by atoms with van der Waals surface area (Å²) >= 11 is 7.90. The molecule has 26 heavy (non-hydrogen) atoms. The van der Waals surface area contributed by atoms with Gasteiger partial charge in [0, 0.05) is 22.1 Å². The van der Waals surface area contributed by atoms with Crippen LogP contribution in [-0.2, 0) is 14.8 Å². The van der Waals surface area contributed by atoms with Crippen molar-refractivity contribution in [1.82, 2.24) is 5.32 Å². The zero-order valence-electron chi connectivity index (χ0n) is 16.3. The fourth-order valence-corrected chi connectivity index (χ4v) is 4.62. The van der Waals surface area contributed by atoms with Crippen LogP contribution in [0.5, 0.6) is 0 Å². The molecule has 0 saturated heterocycles. The van der Waals surface area contributed by atoms with Gasteiger partial charge in [-0.1, -0.05) is 45.4 Å². The lowest BCUT2D eigenvalue weighted by atomic mass is 10.1. The van der Waals surface area contributed by atoms with Gasteiger partial charge in [0.15, 0.2) is 0 Å². The van der Waals surface area contributed by atoms with E-state index < -0.39 is 16.1 Å². The van der Waals surface area contributed by atoms with E-state index in [4.69, 9.17) is 11.6 Å². The van der Waals surface area contributed by atoms with Crippen LogP contribution in [0.3, 0.4) is 0 Å². The van der Waals surface area contributed by atoms with Crippen LogP contribution in [0.1, 0.15) is 39.7 Å². The number of nitrogens with zero attached hydrogens (tertiary/aromatic N) is 1. The van der Waals surface area contributed by atoms with E-state index in [2.05, 4.69) is 26.1 Å². The number of sulfonamides is 1. The van der Waals surface area contributed by atoms with Crippen molar-refractivity contribution in [2.24, 2.45) is 0 Å². The Hall–Kier alpha value is -0.920. The van der Waals surface area contributed by atoms with Crippen molar-refractivity contribution in [3.05, 3.63) is 28.8 Å². The maximum absolute atomic E-state index is 12.7. The number of hydrogen-bond donors (Lipinski definition) is 1. The number of anilines is 1. The number of carbonyl (C=O) groups excluding carboxylic acids is 1. The summed E-state index contributed by atoms with van der Waals surface area (Å²) in [5.41, 5.74) is 1.25. The molecule has 0 aliphatic rings. The van der Waals surface area contributed by atoms with Crippen LogP contribution in [0.15, 0.2) is 18.2 Å². The van der Waals surface area contributed by atoms with Crippen molar-refractivity contribution in [2.45, 2.75) is 51.8 Å². The molecule has 0 radical (unpaired) electrons. The molecular weight excluding hydrogens is 392 g/mol. The Morgan fingerprint density at radius 3 is 2.42 bits per heavy atom. The molecule has 0 heterocycles. The highest BCUT2D eigenvalue weighted by Gasteiger charge is 2.31. The van der Waals surface area contributed by atoms with Gasteiger partial charge in [-0.2, -0.15) is 11.8 Å². The van der Waals surface area contributed by atoms with Crippen LogP contribution in [0.2, 0.25) is 5.02 Å². The Balaban J connectivity index is 2.99. The molecule has 148 valence electrons. The fourth-order valence-electron chi connectivity index (χ4n) is 2.43. The Labute approximate surface area is 166 Å². The van der Waals surface area contributed by atoms with Gasteiger partial charge in [-0.05, 0) is 31.0 Å². The van der Waals surface area contributed by atoms with Gasteiger partial charge < -0.3 is 5.32 Å². The number of benzene rings is 1. The molecule has 0 spiro atoms. The van der Waals surface area contributed by atoms with E-state index in [-0.39, 0.29) is 10.7 Å². The largest absolute Gasteiger partial charge is 0.353 e. The number of aryl methyl sites for hydroxylation is 1. The number of nitrogens with one attached hydrogen (secondary N) is 1. The first-order chi connectivity index (χ1) is 11.9. The summed E-state index contributed by atoms with van der Waals surface area (Å²) in [4.78, 5) is 12.7. The third-order valence-electron chi connectivity index (χ3n) is 3.68. The predicted octanol–water partition coefficient (Wildman–Crippen LogP) is 3.84. The van der Waals surface area contributed by atoms with E-state index in [9.17, 15) is 13.2 Å². The van der Waals surface area contributed by atoms with Gasteiger partial charge in [0.25, 0.3) is 0 Å². The van der Waals surface area contributed by atoms with E-state index >= 15 is 0 Å². The molecule has 0 aliphatic carbocycles. The highest BCUT2D eigenvalue weighted by molar-refractivity contribution is 8.00. The third-order valence-corrected chi connectivity index (χ3v) is 6.54. The van der Waals surface area contributed by atoms with Gasteiger partial charge >= 0.3 is 0 Å². The topological polar surface area (TPSA) is 66.5 Å². The quantitative estimate of drug-likeness (QED) is 0.649. The highest BCUT2D eigenvalue weighted by atomic mass is 35.5. The molecule has 0 bridgehead atoms. The van der Waals surface area contributed by atoms with Crippen molar-refractivity contribution in [1.29, 1.82) is 0 Å². The summed E-state index contributed by atoms with van der Waals surface area (Å²) in [5.74, 6) is 0.463. The molecule has 1 N–H and O–H groups in total. The lowest BCUT2D eigenvalue weighted by Crippen LogP contribution is -2.49. The van der Waals surface area contributed by atoms with Crippen LogP contribution in [0.4, 0.5) is 5.69 Å². The van der Waals surface area contributed by atoms with Crippen molar-refractivity contribution in [3.63, 3.8) is 0 Å². The molecule has 1 aromatic carbocycles. The molecule has 5 nitrogen and oxygen atoms in total. The molecule has 0 saturated carbocycles. The van der Waals surface area contributed by atoms with Crippen molar-refractivity contribution in [3.8, 4) is 0 Å². The van der Waals surface area contributed by atoms with Crippen LogP contribution in [0, 0.1) is 6.92 Å². The van der Waals surface area contributed by atoms with Crippen molar-refractivity contribution >= 4 is 45.0 Å². The van der Waals surface area contributed by atoms with E-state index in [1.807, 2.05) is 6.92 Å². The third kappa shape index (κ3) is 7.00. The second kappa shape index (κ2) is 9.33. The Morgan fingerprint density at radius 2 is 1.96 bits per heavy atom. The molecule has 1 rings (SSSR count). The van der Waals surface area contributed by atoms with Gasteiger partial charge in [-0.15, -0.1) is 0 Å². The molecule has 0 aliphatic heterocycles. The smallest absolute Gasteiger partial charge is 0.243 e. The first-order valence-electron chi connectivity index (χ1n) is 8.54. The number of amides is 1. The van der Waals surface area contributed by atoms with Crippen LogP contribution in [0.25, 0.3) is 0 Å². The Bertz CT molecular complexity index is 730. The second-order valence-electron chi connectivity index (χ2n) is 7.17. The summed E-state index contributed by atoms with van der Waals surface area (Å²) < 4.78 is 26.1. The van der Waals surface area contributed by atoms with E-state index in [1.165, 1.54) is 0 Å². The summed E-state index contributed by atoms with van der Waals surface area (Å²) in [6.07, 6.45) is 1.46. The maximum atomic E-state index is 12.7. The van der Waals surface area contributed by atoms with E-state index in [1.54, 1.807) is 36.9 Å². The Morgan fingerprint density at radius 1 is 1.35 bits per heavy atom. The standard InChI is InChI=1S/C18H29ClN2O3S2/c1-7-16(17(22)20-10-11-25-18(3,4)5)21(26(6,23)24)14-9-8-13(2)15(19)12-14/h8-9,12,16H,7,10-11H2,1-6H3,(H,20,22)/t16-/m0/s1. The summed E-state index contributed by atoms with van der Waals surface area (Å²) in [7, 11) is -3.65. The molecule has 1 aromatic rings. The average Bonchev–Trinajstić information content (AvgIpc) is 2.49. The lowest BCUT2D eigenvalue weighted by Gasteiger charge is -2.30. The van der Waals surface area contributed by atoms with Crippen molar-refractivity contribution in [2.75, 3.05) is 22.9 Å². The normalized spacial score (nSPS) is 13.3. The zero-order valence-corrected chi connectivity index (χ0v) is 18.7. The van der Waals surface area contributed by atoms with E-state index in [0.717, 1.165) is 21.9 Å². The van der Waals surface area contributed by atoms with Gasteiger partial charge in [-0.3, -0.25) is 9.10 Å². The van der Waals surface area contributed by atoms with E-state index in [0.29, 0.717) is 23.7 Å². The molecule has 1 amide bonds. The second-order valence-corrected chi connectivity index (χ2v) is 11.4. The summed E-state index contributed by atoms with van der Waals surface area (Å²) in [5, 5.41) is 3.32. The SMILES string of the molecule is CC[C@@H](C(=O)NCCSC(C)(C)C)N(c1ccc(C)c(Cl)c1)S(C)(=O)=O. The van der Waals surface area contributed by atoms with Crippen LogP contribution in [-0.4, -0.2) is 43.7 Å². The van der Waals surface area contributed by atoms with Crippen molar-refractivity contribution < 1.29 is 13.2 Å². The monoisotopic (exact) mass is 420 g/mol. The Kier molecular flexibility index (Phi) is 8.30. The number of thioether (sulfide) groups is 1. The highest BCUT2D eigenvalue weighted by Crippen LogP contribution is 2.27. The zero-order chi connectivity index (χ0) is 20.1. The number of carbonyl (C=O) groups is 1. The molecule has 8 heteroatoms. The summed E-state index contributed by atoms with van der Waals surface area (Å²) in [6, 6.07) is 4.20. The van der Waals surface area contributed by atoms with Gasteiger partial charge in [0.05, 0.1) is 11.9 Å². The summed E-state index contributed by atoms with van der Waals surface area (Å²) in [6.45, 7) is 10.5. The minimum Gasteiger partial charge on any atom is -0.353 e. The number of halogens is 1. The van der Waals surface area contributed by atoms with Crippen LogP contribution < -0.4 is 9.62 Å². The molecule has 0 unspecified atom stereocenters. The molecule has 0 fully saturated rings. The molecule has 0 aromatic heterocycles. The van der Waals surface area contributed by atoms with Gasteiger partial charge in [0.2, 0.25) is 15.9 Å². The maximum Gasteiger partial charge on any atom is 0.243 e. The molecule has 1 atom stereocenters. The average molecular weight is 421 g/mol. The number of rotatable bonds is 8. The van der Waals surface area contributed by atoms with Gasteiger partial charge in [-0.25, -0.2) is 8.42 Å². The minimum absolute atomic E-state index is 0.117. The lowest BCUT2D eigenvalue weighted by molar-refractivity contribution is -0.122. The number of hydrogen-bond acceptors (Lipinski definition) is 4. The first-order valence-corrected chi connectivity index (χ1v) is 11.7. The first kappa shape index (κ1) is 23.1. The molecular formula is C18H29ClN2O3S2. The van der Waals surface area contributed by atoms with Crippen LogP contribution >= 0.6 is 23.4 Å². The fraction of sp³-hybridized carbons (Fsp3) is 0.611. The predicted molar refractivity (Wildman–Crippen MR) is 113 cm³/mol. The van der Waals surface area contributed by atoms with Gasteiger partial charge in [0.1, 0.15) is 6.04 Å².